The van der Waals surface area contributed by atoms with Gasteiger partial charge in [0.25, 0.3) is 0 Å². The first-order chi connectivity index (χ1) is 7.83. The largest absolute Gasteiger partial charge is 0.419 e. The van der Waals surface area contributed by atoms with Crippen molar-refractivity contribution in [3.8, 4) is 0 Å². The van der Waals surface area contributed by atoms with Crippen molar-refractivity contribution in [2.75, 3.05) is 26.3 Å². The van der Waals surface area contributed by atoms with E-state index in [0.29, 0.717) is 13.0 Å². The van der Waals surface area contributed by atoms with Gasteiger partial charge in [-0.25, -0.2) is 0 Å². The lowest BCUT2D eigenvalue weighted by Gasteiger charge is -2.26. The van der Waals surface area contributed by atoms with Crippen LogP contribution in [-0.4, -0.2) is 54.0 Å². The van der Waals surface area contributed by atoms with Gasteiger partial charge in [0, 0.05) is 19.6 Å². The van der Waals surface area contributed by atoms with Gasteiger partial charge in [0.1, 0.15) is 0 Å². The lowest BCUT2D eigenvalue weighted by Crippen LogP contribution is -2.48. The van der Waals surface area contributed by atoms with E-state index in [1.54, 1.807) is 0 Å². The Kier molecular flexibility index (Phi) is 3.07. The average Bonchev–Trinajstić information content (AvgIpc) is 2.84. The van der Waals surface area contributed by atoms with Crippen molar-refractivity contribution in [1.82, 2.24) is 4.90 Å². The molecule has 98 valence electrons. The van der Waals surface area contributed by atoms with Gasteiger partial charge in [-0.1, -0.05) is 0 Å². The number of hydrogen-bond acceptors (Lipinski definition) is 3. The molecule has 1 N–H and O–H groups in total. The van der Waals surface area contributed by atoms with Crippen LogP contribution in [0.2, 0.25) is 0 Å². The summed E-state index contributed by atoms with van der Waals surface area (Å²) < 4.78 is 42.7. The van der Waals surface area contributed by atoms with Gasteiger partial charge in [0.15, 0.2) is 5.60 Å². The van der Waals surface area contributed by atoms with Crippen LogP contribution in [-0.2, 0) is 9.53 Å². The van der Waals surface area contributed by atoms with Crippen molar-refractivity contribution in [3.63, 3.8) is 0 Å². The summed E-state index contributed by atoms with van der Waals surface area (Å²) in [6.45, 7) is 0.0186. The molecule has 2 aliphatic rings. The molecule has 0 radical (unpaired) electrons. The number of carbonyl (C=O) groups excluding carboxylic acids is 1. The van der Waals surface area contributed by atoms with E-state index in [1.165, 1.54) is 0 Å². The van der Waals surface area contributed by atoms with Gasteiger partial charge in [-0.15, -0.1) is 0 Å². The summed E-state index contributed by atoms with van der Waals surface area (Å²) in [4.78, 5) is 12.9. The third-order valence-corrected chi connectivity index (χ3v) is 3.37. The van der Waals surface area contributed by atoms with Gasteiger partial charge in [-0.2, -0.15) is 13.2 Å². The number of hydrogen-bond donors (Lipinski definition) is 1. The fraction of sp³-hybridized carbons (Fsp3) is 0.900. The summed E-state index contributed by atoms with van der Waals surface area (Å²) in [5.74, 6) is -0.701. The first-order valence-corrected chi connectivity index (χ1v) is 5.49. The fourth-order valence-electron chi connectivity index (χ4n) is 2.20. The van der Waals surface area contributed by atoms with Crippen LogP contribution >= 0.6 is 0 Å². The maximum absolute atomic E-state index is 12.5. The molecule has 17 heavy (non-hydrogen) atoms. The van der Waals surface area contributed by atoms with Gasteiger partial charge in [0.2, 0.25) is 5.91 Å². The van der Waals surface area contributed by atoms with E-state index in [-0.39, 0.29) is 25.0 Å². The van der Waals surface area contributed by atoms with Crippen LogP contribution in [0.15, 0.2) is 0 Å². The molecule has 2 fully saturated rings. The van der Waals surface area contributed by atoms with E-state index in [0.717, 1.165) is 4.90 Å². The highest BCUT2D eigenvalue weighted by atomic mass is 19.4. The maximum Gasteiger partial charge on any atom is 0.419 e. The second kappa shape index (κ2) is 4.13. The lowest BCUT2D eigenvalue weighted by atomic mass is 10.0. The standard InChI is InChI=1S/C10H14F3NO3/c11-10(12,13)9(16)2-3-14(6-9)8(15)7-1-4-17-5-7/h7,16H,1-6H2/t7-,9+/m0/s1. The van der Waals surface area contributed by atoms with Crippen LogP contribution < -0.4 is 0 Å². The third kappa shape index (κ3) is 2.26. The number of ether oxygens (including phenoxy) is 1. The second-order valence-corrected chi connectivity index (χ2v) is 4.60. The van der Waals surface area contributed by atoms with E-state index in [2.05, 4.69) is 0 Å². The molecular weight excluding hydrogens is 239 g/mol. The van der Waals surface area contributed by atoms with Crippen LogP contribution in [0.5, 0.6) is 0 Å². The van der Waals surface area contributed by atoms with Gasteiger partial charge in [-0.3, -0.25) is 4.79 Å². The number of carbonyl (C=O) groups is 1. The van der Waals surface area contributed by atoms with Gasteiger partial charge in [-0.05, 0) is 6.42 Å². The molecule has 0 unspecified atom stereocenters. The maximum atomic E-state index is 12.5. The van der Waals surface area contributed by atoms with Crippen LogP contribution in [0, 0.1) is 5.92 Å². The molecule has 2 heterocycles. The Morgan fingerprint density at radius 3 is 2.65 bits per heavy atom. The molecule has 2 atom stereocenters. The van der Waals surface area contributed by atoms with E-state index in [9.17, 15) is 23.1 Å². The molecule has 2 rings (SSSR count). The second-order valence-electron chi connectivity index (χ2n) is 4.60. The molecule has 7 heteroatoms. The fourth-order valence-corrected chi connectivity index (χ4v) is 2.20. The van der Waals surface area contributed by atoms with Gasteiger partial charge in [0.05, 0.1) is 19.1 Å². The Balaban J connectivity index is 2.00. The zero-order valence-electron chi connectivity index (χ0n) is 9.16. The van der Waals surface area contributed by atoms with Crippen molar-refractivity contribution < 1.29 is 27.8 Å². The minimum atomic E-state index is -4.69. The van der Waals surface area contributed by atoms with Crippen molar-refractivity contribution >= 4 is 5.91 Å². The molecule has 2 aliphatic heterocycles. The molecule has 0 spiro atoms. The highest BCUT2D eigenvalue weighted by Crippen LogP contribution is 2.38. The number of likely N-dealkylation sites (tertiary alicyclic amines) is 1. The zero-order valence-corrected chi connectivity index (χ0v) is 9.16. The average molecular weight is 253 g/mol. The lowest BCUT2D eigenvalue weighted by molar-refractivity contribution is -0.253. The highest BCUT2D eigenvalue weighted by Gasteiger charge is 2.58. The molecule has 1 amide bonds. The van der Waals surface area contributed by atoms with E-state index >= 15 is 0 Å². The molecule has 0 aromatic carbocycles. The Labute approximate surface area is 96.3 Å². The highest BCUT2D eigenvalue weighted by molar-refractivity contribution is 5.79. The van der Waals surface area contributed by atoms with E-state index in [4.69, 9.17) is 4.74 Å². The molecule has 0 saturated carbocycles. The summed E-state index contributed by atoms with van der Waals surface area (Å²) >= 11 is 0. The monoisotopic (exact) mass is 253 g/mol. The number of nitrogens with zero attached hydrogens (tertiary/aromatic N) is 1. The van der Waals surface area contributed by atoms with Gasteiger partial charge >= 0.3 is 6.18 Å². The van der Waals surface area contributed by atoms with Crippen LogP contribution in [0.1, 0.15) is 12.8 Å². The van der Waals surface area contributed by atoms with Crippen molar-refractivity contribution in [2.24, 2.45) is 5.92 Å². The van der Waals surface area contributed by atoms with Crippen molar-refractivity contribution in [1.29, 1.82) is 0 Å². The van der Waals surface area contributed by atoms with Crippen LogP contribution in [0.25, 0.3) is 0 Å². The molecule has 4 nitrogen and oxygen atoms in total. The number of rotatable bonds is 1. The SMILES string of the molecule is O=C([C@H]1CCOC1)N1CC[C@](O)(C(F)(F)F)C1. The minimum Gasteiger partial charge on any atom is -0.381 e. The molecule has 0 aromatic rings. The number of β-amino-alcohol motifs (C(OH)–C–C–N with tert-alkyl or cyclic N) is 1. The normalized spacial score (nSPS) is 34.4. The predicted molar refractivity (Wildman–Crippen MR) is 51.1 cm³/mol. The van der Waals surface area contributed by atoms with E-state index < -0.39 is 24.7 Å². The summed E-state index contributed by atoms with van der Waals surface area (Å²) in [5, 5.41) is 9.44. The van der Waals surface area contributed by atoms with E-state index in [1.807, 2.05) is 0 Å². The minimum absolute atomic E-state index is 0.0503. The molecule has 2 saturated heterocycles. The summed E-state index contributed by atoms with van der Waals surface area (Å²) in [7, 11) is 0. The smallest absolute Gasteiger partial charge is 0.381 e. The number of halogens is 3. The molecular formula is C10H14F3NO3. The number of amides is 1. The topological polar surface area (TPSA) is 49.8 Å². The Morgan fingerprint density at radius 2 is 2.18 bits per heavy atom. The summed E-state index contributed by atoms with van der Waals surface area (Å²) in [6.07, 6.45) is -4.59. The Bertz CT molecular complexity index is 314. The zero-order chi connectivity index (χ0) is 12.7. The quantitative estimate of drug-likeness (QED) is 0.742. The van der Waals surface area contributed by atoms with Gasteiger partial charge < -0.3 is 14.7 Å². The predicted octanol–water partition coefficient (Wildman–Crippen LogP) is 0.549. The summed E-state index contributed by atoms with van der Waals surface area (Å²) in [6, 6.07) is 0. The molecule has 0 aliphatic carbocycles. The van der Waals surface area contributed by atoms with Crippen LogP contribution in [0.3, 0.4) is 0 Å². The van der Waals surface area contributed by atoms with Crippen molar-refractivity contribution in [2.45, 2.75) is 24.6 Å². The molecule has 0 aromatic heterocycles. The Hall–Kier alpha value is -0.820. The molecule has 0 bridgehead atoms. The first kappa shape index (κ1) is 12.6. The number of aliphatic hydroxyl groups is 1. The van der Waals surface area contributed by atoms with Crippen LogP contribution in [0.4, 0.5) is 13.2 Å². The summed E-state index contributed by atoms with van der Waals surface area (Å²) in [5.41, 5.74) is -2.75. The first-order valence-electron chi connectivity index (χ1n) is 5.49. The third-order valence-electron chi connectivity index (χ3n) is 3.37. The number of alkyl halides is 3. The Morgan fingerprint density at radius 1 is 1.47 bits per heavy atom. The van der Waals surface area contributed by atoms with Crippen molar-refractivity contribution in [3.05, 3.63) is 0 Å².